The number of hydrogen-bond donors (Lipinski definition) is 2. The van der Waals surface area contributed by atoms with Gasteiger partial charge >= 0.3 is 11.9 Å². The first kappa shape index (κ1) is 11.9. The van der Waals surface area contributed by atoms with Crippen molar-refractivity contribution in [3.8, 4) is 0 Å². The lowest BCUT2D eigenvalue weighted by molar-refractivity contribution is -0.146. The van der Waals surface area contributed by atoms with Gasteiger partial charge in [0.15, 0.2) is 6.10 Å². The summed E-state index contributed by atoms with van der Waals surface area (Å²) in [5, 5.41) is 17.1. The Morgan fingerprint density at radius 1 is 1.38 bits per heavy atom. The van der Waals surface area contributed by atoms with Gasteiger partial charge in [-0.2, -0.15) is 0 Å². The second kappa shape index (κ2) is 6.42. The lowest BCUT2D eigenvalue weighted by Crippen LogP contribution is -2.19. The minimum atomic E-state index is -1.32. The van der Waals surface area contributed by atoms with Gasteiger partial charge in [-0.25, -0.2) is 4.79 Å². The molecule has 0 saturated carbocycles. The Hall–Kier alpha value is -1.10. The number of carbonyl (C=O) groups excluding carboxylic acids is 1. The molecule has 0 aliphatic carbocycles. The molecule has 0 radical (unpaired) electrons. The highest BCUT2D eigenvalue weighted by Gasteiger charge is 2.12. The zero-order valence-corrected chi connectivity index (χ0v) is 7.52. The first-order valence-electron chi connectivity index (χ1n) is 4.05. The van der Waals surface area contributed by atoms with Crippen LogP contribution >= 0.6 is 0 Å². The molecule has 0 rings (SSSR count). The first-order chi connectivity index (χ1) is 6.07. The maximum atomic E-state index is 10.6. The van der Waals surface area contributed by atoms with E-state index in [1.54, 1.807) is 0 Å². The number of rotatable bonds is 6. The number of aliphatic hydroxyl groups is 1. The molecule has 0 fully saturated rings. The van der Waals surface area contributed by atoms with E-state index in [1.807, 2.05) is 0 Å². The van der Waals surface area contributed by atoms with E-state index in [9.17, 15) is 9.59 Å². The number of ether oxygens (including phenoxy) is 1. The number of carboxylic acid groups (broad SMARTS) is 1. The van der Waals surface area contributed by atoms with Crippen molar-refractivity contribution in [1.82, 2.24) is 0 Å². The van der Waals surface area contributed by atoms with Crippen molar-refractivity contribution in [2.75, 3.05) is 7.11 Å². The highest BCUT2D eigenvalue weighted by molar-refractivity contribution is 5.71. The number of hydrogen-bond acceptors (Lipinski definition) is 4. The minimum absolute atomic E-state index is 0.173. The van der Waals surface area contributed by atoms with Crippen LogP contribution in [-0.4, -0.2) is 35.4 Å². The Balaban J connectivity index is 3.35. The van der Waals surface area contributed by atoms with Gasteiger partial charge in [0.2, 0.25) is 0 Å². The topological polar surface area (TPSA) is 83.8 Å². The van der Waals surface area contributed by atoms with Gasteiger partial charge in [-0.3, -0.25) is 4.79 Å². The van der Waals surface area contributed by atoms with E-state index >= 15 is 0 Å². The van der Waals surface area contributed by atoms with E-state index < -0.39 is 12.1 Å². The fourth-order valence-corrected chi connectivity index (χ4v) is 0.833. The van der Waals surface area contributed by atoms with Crippen molar-refractivity contribution >= 4 is 11.9 Å². The third-order valence-electron chi connectivity index (χ3n) is 1.62. The third-order valence-corrected chi connectivity index (χ3v) is 1.62. The first-order valence-corrected chi connectivity index (χ1v) is 4.05. The van der Waals surface area contributed by atoms with Gasteiger partial charge in [0.05, 0.1) is 7.11 Å². The molecule has 0 spiro atoms. The van der Waals surface area contributed by atoms with Crippen LogP contribution in [0.3, 0.4) is 0 Å². The lowest BCUT2D eigenvalue weighted by Gasteiger charge is -2.03. The molecule has 0 bridgehead atoms. The average molecular weight is 190 g/mol. The van der Waals surface area contributed by atoms with Crippen LogP contribution in [0.1, 0.15) is 25.7 Å². The summed E-state index contributed by atoms with van der Waals surface area (Å²) < 4.78 is 4.39. The Kier molecular flexibility index (Phi) is 5.88. The largest absolute Gasteiger partial charge is 0.479 e. The summed E-state index contributed by atoms with van der Waals surface area (Å²) in [5.74, 6) is -1.54. The molecule has 0 aromatic rings. The molecule has 0 heterocycles. The predicted octanol–water partition coefficient (Wildman–Crippen LogP) is 0.165. The zero-order chi connectivity index (χ0) is 10.3. The smallest absolute Gasteiger partial charge is 0.332 e. The molecule has 76 valence electrons. The summed E-state index contributed by atoms with van der Waals surface area (Å²) >= 11 is 0. The summed E-state index contributed by atoms with van der Waals surface area (Å²) in [7, 11) is 1.30. The predicted molar refractivity (Wildman–Crippen MR) is 44.1 cm³/mol. The second-order valence-corrected chi connectivity index (χ2v) is 2.68. The van der Waals surface area contributed by atoms with E-state index in [-0.39, 0.29) is 18.8 Å². The Morgan fingerprint density at radius 2 is 2.00 bits per heavy atom. The van der Waals surface area contributed by atoms with Gasteiger partial charge in [-0.15, -0.1) is 0 Å². The van der Waals surface area contributed by atoms with Gasteiger partial charge in [0.25, 0.3) is 0 Å². The second-order valence-electron chi connectivity index (χ2n) is 2.68. The molecule has 5 heteroatoms. The summed E-state index contributed by atoms with van der Waals surface area (Å²) in [4.78, 5) is 20.7. The molecule has 1 unspecified atom stereocenters. The van der Waals surface area contributed by atoms with Crippen molar-refractivity contribution in [2.24, 2.45) is 0 Å². The molecule has 0 aromatic carbocycles. The standard InChI is InChI=1S/C8H14O5/c1-13-7(10)5-3-2-4-6(9)8(11)12/h6,9H,2-5H2,1H3,(H,11,12). The molecular weight excluding hydrogens is 176 g/mol. The monoisotopic (exact) mass is 190 g/mol. The maximum Gasteiger partial charge on any atom is 0.332 e. The molecule has 5 nitrogen and oxygen atoms in total. The van der Waals surface area contributed by atoms with Gasteiger partial charge in [0, 0.05) is 6.42 Å². The fraction of sp³-hybridized carbons (Fsp3) is 0.750. The Bertz CT molecular complexity index is 177. The lowest BCUT2D eigenvalue weighted by atomic mass is 10.1. The van der Waals surface area contributed by atoms with E-state index in [0.717, 1.165) is 0 Å². The summed E-state index contributed by atoms with van der Waals surface area (Å²) in [6.07, 6.45) is 0.159. The quantitative estimate of drug-likeness (QED) is 0.460. The highest BCUT2D eigenvalue weighted by Crippen LogP contribution is 2.04. The van der Waals surface area contributed by atoms with Crippen molar-refractivity contribution in [3.05, 3.63) is 0 Å². The highest BCUT2D eigenvalue weighted by atomic mass is 16.5. The molecule has 0 aliphatic rings. The van der Waals surface area contributed by atoms with Crippen LogP contribution in [0.4, 0.5) is 0 Å². The molecule has 0 amide bonds. The number of methoxy groups -OCH3 is 1. The summed E-state index contributed by atoms with van der Waals surface area (Å²) in [6, 6.07) is 0. The van der Waals surface area contributed by atoms with Crippen LogP contribution < -0.4 is 0 Å². The minimum Gasteiger partial charge on any atom is -0.479 e. The van der Waals surface area contributed by atoms with Crippen LogP contribution in [0.5, 0.6) is 0 Å². The van der Waals surface area contributed by atoms with Crippen molar-refractivity contribution in [1.29, 1.82) is 0 Å². The van der Waals surface area contributed by atoms with Crippen molar-refractivity contribution < 1.29 is 24.5 Å². The Morgan fingerprint density at radius 3 is 2.46 bits per heavy atom. The van der Waals surface area contributed by atoms with Crippen LogP contribution in [0.25, 0.3) is 0 Å². The summed E-state index contributed by atoms with van der Waals surface area (Å²) in [6.45, 7) is 0. The average Bonchev–Trinajstić information content (AvgIpc) is 2.11. The van der Waals surface area contributed by atoms with E-state index in [1.165, 1.54) is 7.11 Å². The van der Waals surface area contributed by atoms with Gasteiger partial charge in [0.1, 0.15) is 0 Å². The van der Waals surface area contributed by atoms with Crippen LogP contribution in [-0.2, 0) is 14.3 Å². The van der Waals surface area contributed by atoms with Gasteiger partial charge in [-0.1, -0.05) is 0 Å². The van der Waals surface area contributed by atoms with Crippen molar-refractivity contribution in [2.45, 2.75) is 31.8 Å². The maximum absolute atomic E-state index is 10.6. The normalized spacial score (nSPS) is 12.2. The molecule has 0 saturated heterocycles. The molecule has 0 aliphatic heterocycles. The number of esters is 1. The van der Waals surface area contributed by atoms with Crippen LogP contribution in [0.2, 0.25) is 0 Å². The van der Waals surface area contributed by atoms with Gasteiger partial charge < -0.3 is 14.9 Å². The van der Waals surface area contributed by atoms with E-state index in [0.29, 0.717) is 12.8 Å². The van der Waals surface area contributed by atoms with Crippen LogP contribution in [0, 0.1) is 0 Å². The summed E-state index contributed by atoms with van der Waals surface area (Å²) in [5.41, 5.74) is 0. The van der Waals surface area contributed by atoms with Crippen LogP contribution in [0.15, 0.2) is 0 Å². The zero-order valence-electron chi connectivity index (χ0n) is 7.52. The molecular formula is C8H14O5. The molecule has 1 atom stereocenters. The number of carboxylic acids is 1. The molecule has 0 aromatic heterocycles. The number of unbranched alkanes of at least 4 members (excludes halogenated alkanes) is 1. The van der Waals surface area contributed by atoms with Gasteiger partial charge in [-0.05, 0) is 19.3 Å². The number of aliphatic hydroxyl groups excluding tert-OH is 1. The molecule has 2 N–H and O–H groups in total. The number of carbonyl (C=O) groups is 2. The fourth-order valence-electron chi connectivity index (χ4n) is 0.833. The molecule has 13 heavy (non-hydrogen) atoms. The SMILES string of the molecule is COC(=O)CCCCC(O)C(=O)O. The van der Waals surface area contributed by atoms with E-state index in [2.05, 4.69) is 4.74 Å². The van der Waals surface area contributed by atoms with Crippen molar-refractivity contribution in [3.63, 3.8) is 0 Å². The Labute approximate surface area is 76.3 Å². The third kappa shape index (κ3) is 6.10. The number of aliphatic carboxylic acids is 1. The van der Waals surface area contributed by atoms with E-state index in [4.69, 9.17) is 10.2 Å².